The molecule has 0 aliphatic carbocycles. The lowest BCUT2D eigenvalue weighted by Gasteiger charge is -2.16. The summed E-state index contributed by atoms with van der Waals surface area (Å²) >= 11 is 9.59. The van der Waals surface area contributed by atoms with Gasteiger partial charge in [-0.05, 0) is 55.4 Å². The summed E-state index contributed by atoms with van der Waals surface area (Å²) in [5.74, 6) is 2.84. The summed E-state index contributed by atoms with van der Waals surface area (Å²) in [7, 11) is 0. The Balaban J connectivity index is 2.34. The van der Waals surface area contributed by atoms with E-state index in [1.54, 1.807) is 0 Å². The van der Waals surface area contributed by atoms with Gasteiger partial charge in [0.1, 0.15) is 11.5 Å². The second-order valence-electron chi connectivity index (χ2n) is 8.28. The summed E-state index contributed by atoms with van der Waals surface area (Å²) in [6.45, 7) is 12.2. The molecule has 2 nitrogen and oxygen atoms in total. The van der Waals surface area contributed by atoms with Gasteiger partial charge in [0, 0.05) is 15.4 Å². The molecule has 158 valence electrons. The lowest BCUT2D eigenvalue weighted by atomic mass is 10.1. The fourth-order valence-corrected chi connectivity index (χ4v) is 3.28. The van der Waals surface area contributed by atoms with Gasteiger partial charge >= 0.3 is 0 Å². The SMILES string of the molecule is Cc1ccc(C(S)=C(S)c2cc(OCCC(C)C)ccc2OCCC(C)C)cc1. The van der Waals surface area contributed by atoms with Crippen molar-refractivity contribution in [1.29, 1.82) is 0 Å². The highest BCUT2D eigenvalue weighted by atomic mass is 32.1. The van der Waals surface area contributed by atoms with Crippen LogP contribution in [-0.4, -0.2) is 13.2 Å². The molecule has 29 heavy (non-hydrogen) atoms. The summed E-state index contributed by atoms with van der Waals surface area (Å²) in [6.07, 6.45) is 2.02. The number of aryl methyl sites for hydroxylation is 1. The highest BCUT2D eigenvalue weighted by molar-refractivity contribution is 7.96. The van der Waals surface area contributed by atoms with Crippen molar-refractivity contribution >= 4 is 35.1 Å². The Labute approximate surface area is 187 Å². The van der Waals surface area contributed by atoms with Gasteiger partial charge in [-0.15, -0.1) is 25.3 Å². The van der Waals surface area contributed by atoms with Crippen LogP contribution in [0, 0.1) is 18.8 Å². The minimum atomic E-state index is 0.594. The molecule has 0 bridgehead atoms. The van der Waals surface area contributed by atoms with E-state index in [2.05, 4.69) is 58.9 Å². The van der Waals surface area contributed by atoms with Crippen molar-refractivity contribution in [1.82, 2.24) is 0 Å². The van der Waals surface area contributed by atoms with Gasteiger partial charge in [0.05, 0.1) is 13.2 Å². The van der Waals surface area contributed by atoms with Crippen molar-refractivity contribution in [3.05, 3.63) is 59.2 Å². The third-order valence-electron chi connectivity index (χ3n) is 4.67. The molecular weight excluding hydrogens is 396 g/mol. The van der Waals surface area contributed by atoms with E-state index in [1.807, 2.05) is 18.2 Å². The van der Waals surface area contributed by atoms with E-state index in [0.29, 0.717) is 25.0 Å². The zero-order valence-electron chi connectivity index (χ0n) is 18.2. The molecule has 0 radical (unpaired) electrons. The molecule has 0 heterocycles. The van der Waals surface area contributed by atoms with Crippen LogP contribution in [0.5, 0.6) is 11.5 Å². The van der Waals surface area contributed by atoms with Crippen LogP contribution >= 0.6 is 25.3 Å². The molecule has 0 saturated carbocycles. The van der Waals surface area contributed by atoms with Gasteiger partial charge in [0.15, 0.2) is 0 Å². The highest BCUT2D eigenvalue weighted by Gasteiger charge is 2.13. The first-order chi connectivity index (χ1) is 13.8. The molecule has 0 fully saturated rings. The Morgan fingerprint density at radius 1 is 0.793 bits per heavy atom. The predicted molar refractivity (Wildman–Crippen MR) is 132 cm³/mol. The quantitative estimate of drug-likeness (QED) is 0.300. The van der Waals surface area contributed by atoms with Gasteiger partial charge in [-0.1, -0.05) is 57.5 Å². The van der Waals surface area contributed by atoms with E-state index in [1.165, 1.54) is 5.56 Å². The third-order valence-corrected chi connectivity index (χ3v) is 5.79. The number of hydrogen-bond acceptors (Lipinski definition) is 4. The van der Waals surface area contributed by atoms with Gasteiger partial charge in [-0.25, -0.2) is 0 Å². The van der Waals surface area contributed by atoms with Crippen molar-refractivity contribution in [3.8, 4) is 11.5 Å². The van der Waals surface area contributed by atoms with E-state index < -0.39 is 0 Å². The van der Waals surface area contributed by atoms with Crippen LogP contribution in [0.2, 0.25) is 0 Å². The molecular formula is C25H34O2S2. The zero-order valence-corrected chi connectivity index (χ0v) is 20.0. The molecule has 2 aromatic rings. The average Bonchev–Trinajstić information content (AvgIpc) is 2.67. The van der Waals surface area contributed by atoms with Gasteiger partial charge in [0.25, 0.3) is 0 Å². The maximum absolute atomic E-state index is 6.10. The summed E-state index contributed by atoms with van der Waals surface area (Å²) < 4.78 is 12.1. The molecule has 0 unspecified atom stereocenters. The van der Waals surface area contributed by atoms with Crippen molar-refractivity contribution in [3.63, 3.8) is 0 Å². The van der Waals surface area contributed by atoms with Crippen LogP contribution in [0.15, 0.2) is 42.5 Å². The normalized spacial score (nSPS) is 12.3. The van der Waals surface area contributed by atoms with Gasteiger partial charge in [-0.3, -0.25) is 0 Å². The Morgan fingerprint density at radius 3 is 1.97 bits per heavy atom. The number of benzene rings is 2. The van der Waals surface area contributed by atoms with Crippen LogP contribution in [0.25, 0.3) is 9.81 Å². The molecule has 0 saturated heterocycles. The molecule has 0 aromatic heterocycles. The summed E-state index contributed by atoms with van der Waals surface area (Å²) in [4.78, 5) is 1.60. The zero-order chi connectivity index (χ0) is 21.4. The van der Waals surface area contributed by atoms with Crippen LogP contribution in [0.1, 0.15) is 57.2 Å². The molecule has 2 rings (SSSR count). The van der Waals surface area contributed by atoms with Gasteiger partial charge < -0.3 is 9.47 Å². The number of ether oxygens (including phenoxy) is 2. The molecule has 2 aromatic carbocycles. The smallest absolute Gasteiger partial charge is 0.127 e. The Bertz CT molecular complexity index is 808. The molecule has 4 heteroatoms. The van der Waals surface area contributed by atoms with E-state index in [-0.39, 0.29) is 0 Å². The second-order valence-corrected chi connectivity index (χ2v) is 9.18. The van der Waals surface area contributed by atoms with Crippen LogP contribution < -0.4 is 9.47 Å². The van der Waals surface area contributed by atoms with E-state index in [4.69, 9.17) is 34.7 Å². The topological polar surface area (TPSA) is 18.5 Å². The van der Waals surface area contributed by atoms with Crippen molar-refractivity contribution in [2.75, 3.05) is 13.2 Å². The minimum Gasteiger partial charge on any atom is -0.494 e. The number of rotatable bonds is 10. The van der Waals surface area contributed by atoms with E-state index >= 15 is 0 Å². The lowest BCUT2D eigenvalue weighted by Crippen LogP contribution is -2.04. The molecule has 0 aliphatic heterocycles. The largest absolute Gasteiger partial charge is 0.494 e. The first-order valence-corrected chi connectivity index (χ1v) is 11.3. The summed E-state index contributed by atoms with van der Waals surface area (Å²) in [5.41, 5.74) is 3.15. The fourth-order valence-electron chi connectivity index (χ4n) is 2.70. The average molecular weight is 431 g/mol. The molecule has 0 aliphatic rings. The first-order valence-electron chi connectivity index (χ1n) is 10.4. The Morgan fingerprint density at radius 2 is 1.38 bits per heavy atom. The minimum absolute atomic E-state index is 0.594. The fraction of sp³-hybridized carbons (Fsp3) is 0.440. The summed E-state index contributed by atoms with van der Waals surface area (Å²) in [6, 6.07) is 14.3. The molecule has 0 atom stereocenters. The maximum atomic E-state index is 6.10. The first kappa shape index (κ1) is 23.8. The predicted octanol–water partition coefficient (Wildman–Crippen LogP) is 7.53. The van der Waals surface area contributed by atoms with Crippen LogP contribution in [0.4, 0.5) is 0 Å². The van der Waals surface area contributed by atoms with Gasteiger partial charge in [0.2, 0.25) is 0 Å². The standard InChI is InChI=1S/C25H34O2S2/c1-17(2)12-14-26-21-10-11-23(27-15-13-18(3)4)22(16-21)25(29)24(28)20-8-6-19(5)7-9-20/h6-11,16-18,28-29H,12-15H2,1-5H3. The number of hydrogen-bond donors (Lipinski definition) is 2. The molecule has 0 spiro atoms. The monoisotopic (exact) mass is 430 g/mol. The van der Waals surface area contributed by atoms with Crippen molar-refractivity contribution in [2.24, 2.45) is 11.8 Å². The lowest BCUT2D eigenvalue weighted by molar-refractivity contribution is 0.281. The van der Waals surface area contributed by atoms with Crippen molar-refractivity contribution in [2.45, 2.75) is 47.5 Å². The van der Waals surface area contributed by atoms with E-state index in [9.17, 15) is 0 Å². The molecule has 0 N–H and O–H groups in total. The Kier molecular flexibility index (Phi) is 9.51. The van der Waals surface area contributed by atoms with Crippen LogP contribution in [-0.2, 0) is 0 Å². The Hall–Kier alpha value is -1.52. The molecule has 0 amide bonds. The number of thiol groups is 2. The maximum Gasteiger partial charge on any atom is 0.127 e. The van der Waals surface area contributed by atoms with Gasteiger partial charge in [-0.2, -0.15) is 0 Å². The van der Waals surface area contributed by atoms with E-state index in [0.717, 1.165) is 45.3 Å². The highest BCUT2D eigenvalue weighted by Crippen LogP contribution is 2.38. The van der Waals surface area contributed by atoms with Crippen LogP contribution in [0.3, 0.4) is 0 Å². The second kappa shape index (κ2) is 11.6. The summed E-state index contributed by atoms with van der Waals surface area (Å²) in [5, 5.41) is 0. The van der Waals surface area contributed by atoms with Crippen molar-refractivity contribution < 1.29 is 9.47 Å². The third kappa shape index (κ3) is 7.67.